The Morgan fingerprint density at radius 3 is 2.94 bits per heavy atom. The summed E-state index contributed by atoms with van der Waals surface area (Å²) in [5.74, 6) is 0. The van der Waals surface area contributed by atoms with Gasteiger partial charge in [0.2, 0.25) is 0 Å². The Bertz CT molecular complexity index is 415. The smallest absolute Gasteiger partial charge is 0.0525 e. The molecule has 1 aliphatic carbocycles. The van der Waals surface area contributed by atoms with Crippen molar-refractivity contribution in [3.8, 4) is 0 Å². The summed E-state index contributed by atoms with van der Waals surface area (Å²) in [5.41, 5.74) is 7.11. The molecule has 1 N–H and O–H groups in total. The summed E-state index contributed by atoms with van der Waals surface area (Å²) < 4.78 is 0. The summed E-state index contributed by atoms with van der Waals surface area (Å²) in [6, 6.07) is 6.62. The Kier molecular flexibility index (Phi) is 3.42. The van der Waals surface area contributed by atoms with Crippen molar-refractivity contribution in [2.24, 2.45) is 0 Å². The average molecular weight is 214 g/mol. The van der Waals surface area contributed by atoms with Gasteiger partial charge in [0.25, 0.3) is 0 Å². The minimum atomic E-state index is 0.956. The average Bonchev–Trinajstić information content (AvgIpc) is 2.55. The predicted molar refractivity (Wildman–Crippen MR) is 70.4 cm³/mol. The van der Waals surface area contributed by atoms with Crippen molar-refractivity contribution < 1.29 is 0 Å². The second kappa shape index (κ2) is 4.99. The van der Waals surface area contributed by atoms with Crippen LogP contribution in [0.4, 0.5) is 5.69 Å². The first-order chi connectivity index (χ1) is 7.85. The molecule has 0 saturated carbocycles. The van der Waals surface area contributed by atoms with Gasteiger partial charge in [0, 0.05) is 13.6 Å². The summed E-state index contributed by atoms with van der Waals surface area (Å²) in [6.45, 7) is 3.09. The Balaban J connectivity index is 2.35. The van der Waals surface area contributed by atoms with Crippen molar-refractivity contribution in [3.05, 3.63) is 47.6 Å². The molecule has 1 aromatic rings. The zero-order chi connectivity index (χ0) is 11.4. The van der Waals surface area contributed by atoms with E-state index in [0.29, 0.717) is 0 Å². The maximum absolute atomic E-state index is 3.18. The molecule has 2 rings (SSSR count). The number of hydrazine groups is 1. The molecule has 0 saturated heterocycles. The highest BCUT2D eigenvalue weighted by Crippen LogP contribution is 2.22. The van der Waals surface area contributed by atoms with Crippen LogP contribution in [0, 0.1) is 0 Å². The molecule has 0 radical (unpaired) electrons. The lowest BCUT2D eigenvalue weighted by Gasteiger charge is -2.22. The van der Waals surface area contributed by atoms with Gasteiger partial charge in [-0.05, 0) is 36.6 Å². The van der Waals surface area contributed by atoms with Crippen LogP contribution < -0.4 is 10.4 Å². The highest BCUT2D eigenvalue weighted by molar-refractivity contribution is 5.63. The van der Waals surface area contributed by atoms with Crippen LogP contribution in [-0.2, 0) is 6.42 Å². The van der Waals surface area contributed by atoms with E-state index in [4.69, 9.17) is 0 Å². The molecule has 2 heteroatoms. The Morgan fingerprint density at radius 1 is 1.31 bits per heavy atom. The summed E-state index contributed by atoms with van der Waals surface area (Å²) in [7, 11) is 1.95. The Hall–Kier alpha value is -1.54. The summed E-state index contributed by atoms with van der Waals surface area (Å²) >= 11 is 0. The van der Waals surface area contributed by atoms with E-state index >= 15 is 0 Å². The van der Waals surface area contributed by atoms with Gasteiger partial charge in [-0.25, -0.2) is 5.43 Å². The van der Waals surface area contributed by atoms with E-state index in [1.807, 2.05) is 7.05 Å². The zero-order valence-corrected chi connectivity index (χ0v) is 9.90. The van der Waals surface area contributed by atoms with Gasteiger partial charge >= 0.3 is 0 Å². The normalized spacial score (nSPS) is 13.4. The molecule has 2 nitrogen and oxygen atoms in total. The standard InChI is InChI=1S/C14H18N2/c1-3-16(15-2)14-10-9-12-7-5-4-6-8-13(12)11-14/h4-6,8-11,15H,3,7H2,1-2H3. The summed E-state index contributed by atoms with van der Waals surface area (Å²) in [4.78, 5) is 0. The second-order valence-electron chi connectivity index (χ2n) is 3.84. The fourth-order valence-corrected chi connectivity index (χ4v) is 1.99. The number of hydrogen-bond donors (Lipinski definition) is 1. The van der Waals surface area contributed by atoms with Gasteiger partial charge in [0.15, 0.2) is 0 Å². The number of nitrogens with one attached hydrogen (secondary N) is 1. The number of fused-ring (bicyclic) bond motifs is 1. The molecule has 0 atom stereocenters. The van der Waals surface area contributed by atoms with Crippen molar-refractivity contribution in [2.75, 3.05) is 18.6 Å². The van der Waals surface area contributed by atoms with Crippen molar-refractivity contribution in [1.82, 2.24) is 5.43 Å². The largest absolute Gasteiger partial charge is 0.309 e. The summed E-state index contributed by atoms with van der Waals surface area (Å²) in [6.07, 6.45) is 9.60. The maximum Gasteiger partial charge on any atom is 0.0525 e. The SMILES string of the molecule is CCN(NC)c1ccc2c(c1)C=CC=CC2. The van der Waals surface area contributed by atoms with Crippen LogP contribution in [0.1, 0.15) is 18.1 Å². The molecule has 0 bridgehead atoms. The van der Waals surface area contributed by atoms with Crippen molar-refractivity contribution in [2.45, 2.75) is 13.3 Å². The second-order valence-corrected chi connectivity index (χ2v) is 3.84. The van der Waals surface area contributed by atoms with Gasteiger partial charge in [0.1, 0.15) is 0 Å². The third-order valence-electron chi connectivity index (χ3n) is 2.89. The van der Waals surface area contributed by atoms with Crippen LogP contribution in [-0.4, -0.2) is 13.6 Å². The van der Waals surface area contributed by atoms with E-state index in [0.717, 1.165) is 13.0 Å². The highest BCUT2D eigenvalue weighted by Gasteiger charge is 2.05. The molecule has 0 spiro atoms. The van der Waals surface area contributed by atoms with E-state index in [-0.39, 0.29) is 0 Å². The number of nitrogens with zero attached hydrogens (tertiary/aromatic N) is 1. The molecule has 0 amide bonds. The minimum Gasteiger partial charge on any atom is -0.309 e. The quantitative estimate of drug-likeness (QED) is 0.778. The third kappa shape index (κ3) is 2.17. The lowest BCUT2D eigenvalue weighted by atomic mass is 10.0. The van der Waals surface area contributed by atoms with Crippen molar-refractivity contribution in [3.63, 3.8) is 0 Å². The number of rotatable bonds is 3. The molecule has 0 fully saturated rings. The lowest BCUT2D eigenvalue weighted by molar-refractivity contribution is 0.726. The van der Waals surface area contributed by atoms with Crippen LogP contribution in [0.5, 0.6) is 0 Å². The first-order valence-electron chi connectivity index (χ1n) is 5.76. The van der Waals surface area contributed by atoms with Gasteiger partial charge in [-0.15, -0.1) is 0 Å². The fraction of sp³-hybridized carbons (Fsp3) is 0.286. The number of allylic oxidation sites excluding steroid dienone is 3. The third-order valence-corrected chi connectivity index (χ3v) is 2.89. The topological polar surface area (TPSA) is 15.3 Å². The molecular formula is C14H18N2. The van der Waals surface area contributed by atoms with Gasteiger partial charge < -0.3 is 5.01 Å². The van der Waals surface area contributed by atoms with E-state index in [9.17, 15) is 0 Å². The Morgan fingerprint density at radius 2 is 2.19 bits per heavy atom. The van der Waals surface area contributed by atoms with E-state index in [2.05, 4.69) is 59.9 Å². The molecule has 0 aromatic heterocycles. The maximum atomic E-state index is 3.18. The van der Waals surface area contributed by atoms with Gasteiger partial charge in [0.05, 0.1) is 5.69 Å². The number of anilines is 1. The monoisotopic (exact) mass is 214 g/mol. The molecule has 16 heavy (non-hydrogen) atoms. The molecule has 0 aliphatic heterocycles. The van der Waals surface area contributed by atoms with Gasteiger partial charge in [-0.1, -0.05) is 30.4 Å². The predicted octanol–water partition coefficient (Wildman–Crippen LogP) is 2.77. The van der Waals surface area contributed by atoms with Crippen LogP contribution in [0.3, 0.4) is 0 Å². The molecule has 84 valence electrons. The molecule has 1 aromatic carbocycles. The number of benzene rings is 1. The zero-order valence-electron chi connectivity index (χ0n) is 9.90. The van der Waals surface area contributed by atoms with Crippen LogP contribution >= 0.6 is 0 Å². The first kappa shape index (κ1) is 11.0. The Labute approximate surface area is 97.2 Å². The minimum absolute atomic E-state index is 0.956. The van der Waals surface area contributed by atoms with E-state index in [1.54, 1.807) is 0 Å². The molecular weight excluding hydrogens is 196 g/mol. The van der Waals surface area contributed by atoms with E-state index < -0.39 is 0 Å². The van der Waals surface area contributed by atoms with Gasteiger partial charge in [-0.3, -0.25) is 0 Å². The van der Waals surface area contributed by atoms with Crippen LogP contribution in [0.15, 0.2) is 36.4 Å². The lowest BCUT2D eigenvalue weighted by Crippen LogP contribution is -2.34. The highest BCUT2D eigenvalue weighted by atomic mass is 15.5. The van der Waals surface area contributed by atoms with Crippen molar-refractivity contribution in [1.29, 1.82) is 0 Å². The molecule has 0 heterocycles. The van der Waals surface area contributed by atoms with E-state index in [1.165, 1.54) is 16.8 Å². The first-order valence-corrected chi connectivity index (χ1v) is 5.76. The molecule has 0 unspecified atom stereocenters. The molecule has 1 aliphatic rings. The fourth-order valence-electron chi connectivity index (χ4n) is 1.99. The van der Waals surface area contributed by atoms with Crippen LogP contribution in [0.25, 0.3) is 6.08 Å². The van der Waals surface area contributed by atoms with Crippen molar-refractivity contribution >= 4 is 11.8 Å². The van der Waals surface area contributed by atoms with Gasteiger partial charge in [-0.2, -0.15) is 0 Å². The summed E-state index contributed by atoms with van der Waals surface area (Å²) in [5, 5.41) is 2.13. The van der Waals surface area contributed by atoms with Crippen LogP contribution in [0.2, 0.25) is 0 Å². The number of hydrogen-bond acceptors (Lipinski definition) is 2.